The number of likely N-dealkylation sites (tertiary alicyclic amines) is 2. The fourth-order valence-electron chi connectivity index (χ4n) is 5.90. The van der Waals surface area contributed by atoms with Gasteiger partial charge in [0.1, 0.15) is 0 Å². The summed E-state index contributed by atoms with van der Waals surface area (Å²) in [5, 5.41) is 0. The van der Waals surface area contributed by atoms with Crippen LogP contribution in [0.3, 0.4) is 0 Å². The molecule has 1 aromatic carbocycles. The summed E-state index contributed by atoms with van der Waals surface area (Å²) in [6.45, 7) is 19.7. The molecule has 1 unspecified atom stereocenters. The summed E-state index contributed by atoms with van der Waals surface area (Å²) < 4.78 is 0. The number of allylic oxidation sites excluding steroid dienone is 5. The zero-order valence-corrected chi connectivity index (χ0v) is 24.8. The number of aromatic amines is 1. The van der Waals surface area contributed by atoms with Crippen LogP contribution in [0.2, 0.25) is 0 Å². The molecule has 0 bridgehead atoms. The topological polar surface area (TPSA) is 22.3 Å². The summed E-state index contributed by atoms with van der Waals surface area (Å²) in [5.41, 5.74) is 8.12. The van der Waals surface area contributed by atoms with Gasteiger partial charge in [0.25, 0.3) is 0 Å². The minimum atomic E-state index is 0.701. The lowest BCUT2D eigenvalue weighted by atomic mass is 9.85. The van der Waals surface area contributed by atoms with Crippen LogP contribution in [0.1, 0.15) is 80.2 Å². The Morgan fingerprint density at radius 3 is 2.37 bits per heavy atom. The second-order valence-electron chi connectivity index (χ2n) is 11.4. The minimum absolute atomic E-state index is 0.701. The van der Waals surface area contributed by atoms with E-state index in [-0.39, 0.29) is 0 Å². The molecule has 0 saturated carbocycles. The van der Waals surface area contributed by atoms with Crippen molar-refractivity contribution in [3.63, 3.8) is 0 Å². The van der Waals surface area contributed by atoms with Gasteiger partial charge in [0, 0.05) is 18.4 Å². The Hall–Kier alpha value is -2.62. The van der Waals surface area contributed by atoms with Crippen molar-refractivity contribution in [3.05, 3.63) is 94.9 Å². The molecule has 2 aliphatic rings. The zero-order chi connectivity index (χ0) is 27.5. The molecule has 1 atom stereocenters. The number of aryl methyl sites for hydroxylation is 2. The second kappa shape index (κ2) is 15.1. The van der Waals surface area contributed by atoms with E-state index in [0.29, 0.717) is 5.92 Å². The molecule has 2 saturated heterocycles. The molecule has 0 amide bonds. The maximum atomic E-state index is 3.63. The average molecular weight is 514 g/mol. The van der Waals surface area contributed by atoms with Gasteiger partial charge in [-0.2, -0.15) is 0 Å². The molecule has 0 radical (unpaired) electrons. The number of rotatable bonds is 7. The first kappa shape index (κ1) is 29.9. The van der Waals surface area contributed by atoms with Crippen molar-refractivity contribution < 1.29 is 0 Å². The van der Waals surface area contributed by atoms with Crippen LogP contribution in [0.25, 0.3) is 12.2 Å². The Kier molecular flexibility index (Phi) is 11.9. The lowest BCUT2D eigenvalue weighted by Gasteiger charge is -2.42. The fourth-order valence-corrected chi connectivity index (χ4v) is 5.90. The summed E-state index contributed by atoms with van der Waals surface area (Å²) in [6, 6.07) is 7.17. The van der Waals surface area contributed by atoms with Crippen LogP contribution in [-0.4, -0.2) is 54.1 Å². The molecule has 0 aliphatic carbocycles. The quantitative estimate of drug-likeness (QED) is 0.375. The first-order chi connectivity index (χ1) is 18.3. The molecule has 38 heavy (non-hydrogen) atoms. The first-order valence-electron chi connectivity index (χ1n) is 14.6. The highest BCUT2D eigenvalue weighted by atomic mass is 15.2. The molecular formula is C35H51N3. The number of piperidine rings is 2. The molecule has 3 heterocycles. The Morgan fingerprint density at radius 2 is 1.74 bits per heavy atom. The van der Waals surface area contributed by atoms with Crippen molar-refractivity contribution in [1.82, 2.24) is 14.8 Å². The van der Waals surface area contributed by atoms with Crippen LogP contribution in [0.15, 0.2) is 67.0 Å². The van der Waals surface area contributed by atoms with Crippen molar-refractivity contribution >= 4 is 12.2 Å². The van der Waals surface area contributed by atoms with Gasteiger partial charge in [-0.3, -0.25) is 0 Å². The van der Waals surface area contributed by atoms with Crippen molar-refractivity contribution in [1.29, 1.82) is 0 Å². The fraction of sp³-hybridized carbons (Fsp3) is 0.486. The SMILES string of the molecule is C/C=C\C(C)=C/c1c[nH]cc1C1CCN(C(C)C2CCN(C)CC2)CC1.C=C/C=C/c1ccc(C)c(C)c1. The molecule has 0 spiro atoms. The molecule has 1 N–H and O–H groups in total. The molecule has 2 fully saturated rings. The molecule has 206 valence electrons. The lowest BCUT2D eigenvalue weighted by Crippen LogP contribution is -2.46. The molecule has 1 aromatic heterocycles. The highest BCUT2D eigenvalue weighted by Crippen LogP contribution is 2.34. The summed E-state index contributed by atoms with van der Waals surface area (Å²) >= 11 is 0. The zero-order valence-electron chi connectivity index (χ0n) is 24.8. The number of H-pyrrole nitrogens is 1. The van der Waals surface area contributed by atoms with E-state index in [0.717, 1.165) is 12.0 Å². The van der Waals surface area contributed by atoms with Crippen LogP contribution in [0.5, 0.6) is 0 Å². The highest BCUT2D eigenvalue weighted by molar-refractivity contribution is 5.59. The second-order valence-corrected chi connectivity index (χ2v) is 11.4. The highest BCUT2D eigenvalue weighted by Gasteiger charge is 2.30. The number of nitrogens with zero attached hydrogens (tertiary/aromatic N) is 2. The van der Waals surface area contributed by atoms with Gasteiger partial charge in [-0.05, 0) is 133 Å². The summed E-state index contributed by atoms with van der Waals surface area (Å²) in [7, 11) is 2.26. The van der Waals surface area contributed by atoms with E-state index in [2.05, 4.69) is 118 Å². The monoisotopic (exact) mass is 513 g/mol. The maximum Gasteiger partial charge on any atom is 0.00961 e. The van der Waals surface area contributed by atoms with Crippen LogP contribution in [-0.2, 0) is 0 Å². The Labute approximate surface area is 233 Å². The number of hydrogen-bond acceptors (Lipinski definition) is 2. The van der Waals surface area contributed by atoms with E-state index in [1.165, 1.54) is 85.3 Å². The predicted octanol–water partition coefficient (Wildman–Crippen LogP) is 8.41. The van der Waals surface area contributed by atoms with Gasteiger partial charge in [-0.25, -0.2) is 0 Å². The molecule has 3 nitrogen and oxygen atoms in total. The summed E-state index contributed by atoms with van der Waals surface area (Å²) in [6.07, 6.45) is 22.1. The van der Waals surface area contributed by atoms with Crippen LogP contribution in [0, 0.1) is 19.8 Å². The van der Waals surface area contributed by atoms with Gasteiger partial charge in [0.15, 0.2) is 0 Å². The average Bonchev–Trinajstić information content (AvgIpc) is 3.38. The predicted molar refractivity (Wildman–Crippen MR) is 168 cm³/mol. The van der Waals surface area contributed by atoms with Crippen molar-refractivity contribution in [2.24, 2.45) is 5.92 Å². The van der Waals surface area contributed by atoms with Gasteiger partial charge < -0.3 is 14.8 Å². The number of aromatic nitrogens is 1. The van der Waals surface area contributed by atoms with Gasteiger partial charge in [0.2, 0.25) is 0 Å². The van der Waals surface area contributed by atoms with Crippen LogP contribution in [0.4, 0.5) is 0 Å². The third-order valence-electron chi connectivity index (χ3n) is 8.57. The third kappa shape index (κ3) is 8.71. The maximum absolute atomic E-state index is 3.63. The van der Waals surface area contributed by atoms with Crippen LogP contribution < -0.4 is 0 Å². The Balaban J connectivity index is 0.000000279. The summed E-state index contributed by atoms with van der Waals surface area (Å²) in [5.74, 6) is 1.59. The summed E-state index contributed by atoms with van der Waals surface area (Å²) in [4.78, 5) is 8.59. The number of hydrogen-bond donors (Lipinski definition) is 1. The van der Waals surface area contributed by atoms with E-state index in [9.17, 15) is 0 Å². The lowest BCUT2D eigenvalue weighted by molar-refractivity contribution is 0.0851. The molecular weight excluding hydrogens is 462 g/mol. The normalized spacial score (nSPS) is 19.6. The first-order valence-corrected chi connectivity index (χ1v) is 14.6. The van der Waals surface area contributed by atoms with Crippen LogP contribution >= 0.6 is 0 Å². The standard InChI is InChI=1S/C23H37N3.C12H14/c1-5-6-18(2)15-22-16-24-17-23(22)21-9-13-26(14-10-21)19(3)20-7-11-25(4)12-8-20;1-4-5-6-12-8-7-10(2)11(3)9-12/h5-6,15-17,19-21,24H,7-14H2,1-4H3;4-9H,1H2,2-3H3/b6-5-,18-15-;6-5+. The number of benzene rings is 1. The largest absolute Gasteiger partial charge is 0.367 e. The third-order valence-corrected chi connectivity index (χ3v) is 8.57. The minimum Gasteiger partial charge on any atom is -0.367 e. The van der Waals surface area contributed by atoms with E-state index >= 15 is 0 Å². The molecule has 4 rings (SSSR count). The molecule has 2 aliphatic heterocycles. The molecule has 2 aromatic rings. The van der Waals surface area contributed by atoms with Crippen molar-refractivity contribution in [2.75, 3.05) is 33.2 Å². The van der Waals surface area contributed by atoms with E-state index in [4.69, 9.17) is 0 Å². The van der Waals surface area contributed by atoms with Gasteiger partial charge in [0.05, 0.1) is 0 Å². The number of nitrogens with one attached hydrogen (secondary N) is 1. The van der Waals surface area contributed by atoms with E-state index < -0.39 is 0 Å². The van der Waals surface area contributed by atoms with Gasteiger partial charge in [-0.15, -0.1) is 0 Å². The Morgan fingerprint density at radius 1 is 1.03 bits per heavy atom. The van der Waals surface area contributed by atoms with Gasteiger partial charge >= 0.3 is 0 Å². The van der Waals surface area contributed by atoms with Gasteiger partial charge in [-0.1, -0.05) is 66.8 Å². The van der Waals surface area contributed by atoms with Crippen molar-refractivity contribution in [2.45, 2.75) is 72.3 Å². The Bertz CT molecular complexity index is 1090. The van der Waals surface area contributed by atoms with Crippen molar-refractivity contribution in [3.8, 4) is 0 Å². The van der Waals surface area contributed by atoms with E-state index in [1.54, 1.807) is 6.08 Å². The smallest absolute Gasteiger partial charge is 0.00961 e. The molecule has 3 heteroatoms. The van der Waals surface area contributed by atoms with E-state index in [1.807, 2.05) is 6.08 Å².